The van der Waals surface area contributed by atoms with E-state index < -0.39 is 0 Å². The third-order valence-corrected chi connectivity index (χ3v) is 11.5. The molecule has 0 amide bonds. The first-order valence-electron chi connectivity index (χ1n) is 31.4. The second kappa shape index (κ2) is 79.9. The summed E-state index contributed by atoms with van der Waals surface area (Å²) in [5.41, 5.74) is 5.35. The molecule has 0 aromatic heterocycles. The fourth-order valence-corrected chi connectivity index (χ4v) is 7.04. The van der Waals surface area contributed by atoms with Crippen LogP contribution in [0.2, 0.25) is 0 Å². The van der Waals surface area contributed by atoms with Crippen molar-refractivity contribution in [2.24, 2.45) is 5.73 Å². The number of rotatable bonds is 78. The average molecular weight is 1190 g/mol. The van der Waals surface area contributed by atoms with Crippen molar-refractivity contribution < 1.29 is 99.5 Å². The second-order valence-corrected chi connectivity index (χ2v) is 18.6. The minimum Gasteiger partial charge on any atom is -0.379 e. The Hall–Kier alpha value is -1.14. The summed E-state index contributed by atoms with van der Waals surface area (Å²) in [5, 5.41) is 0. The van der Waals surface area contributed by atoms with Crippen LogP contribution in [-0.4, -0.2) is 284 Å². The van der Waals surface area contributed by atoms with Gasteiger partial charge in [0.15, 0.2) is 0 Å². The van der Waals surface area contributed by atoms with Crippen molar-refractivity contribution in [1.82, 2.24) is 0 Å². The predicted octanol–water partition coefficient (Wildman–Crippen LogP) is 6.33. The van der Waals surface area contributed by atoms with Crippen LogP contribution in [0.5, 0.6) is 0 Å². The van der Waals surface area contributed by atoms with Gasteiger partial charge in [-0.25, -0.2) is 0 Å². The van der Waals surface area contributed by atoms with Crippen LogP contribution in [0.3, 0.4) is 0 Å². The van der Waals surface area contributed by atoms with E-state index in [1.165, 1.54) is 83.5 Å². The lowest BCUT2D eigenvalue weighted by Crippen LogP contribution is -2.16. The van der Waals surface area contributed by atoms with E-state index >= 15 is 0 Å². The molecule has 492 valence electrons. The first-order valence-corrected chi connectivity index (χ1v) is 31.4. The summed E-state index contributed by atoms with van der Waals surface area (Å²) in [7, 11) is 0. The van der Waals surface area contributed by atoms with Gasteiger partial charge in [0.2, 0.25) is 0 Å². The highest BCUT2D eigenvalue weighted by Crippen LogP contribution is 2.11. The number of ether oxygens (including phenoxy) is 21. The maximum Gasteiger partial charge on any atom is 0.0701 e. The van der Waals surface area contributed by atoms with Gasteiger partial charge in [-0.2, -0.15) is 0 Å². The molecule has 22 heteroatoms. The van der Waals surface area contributed by atoms with E-state index in [1.807, 2.05) is 0 Å². The Labute approximate surface area is 496 Å². The van der Waals surface area contributed by atoms with Crippen molar-refractivity contribution in [3.05, 3.63) is 12.2 Å². The lowest BCUT2D eigenvalue weighted by Gasteiger charge is -2.09. The van der Waals surface area contributed by atoms with E-state index in [4.69, 9.17) is 105 Å². The summed E-state index contributed by atoms with van der Waals surface area (Å²) < 4.78 is 116. The van der Waals surface area contributed by atoms with E-state index in [-0.39, 0.29) is 0 Å². The second-order valence-electron chi connectivity index (χ2n) is 18.6. The van der Waals surface area contributed by atoms with Crippen LogP contribution in [-0.2, 0) is 99.5 Å². The van der Waals surface area contributed by atoms with Crippen LogP contribution in [0.25, 0.3) is 0 Å². The fraction of sp³-hybridized carbons (Fsp3) is 0.967. The van der Waals surface area contributed by atoms with Gasteiger partial charge in [-0.3, -0.25) is 0 Å². The predicted molar refractivity (Wildman–Crippen MR) is 316 cm³/mol. The van der Waals surface area contributed by atoms with Crippen molar-refractivity contribution in [3.8, 4) is 0 Å². The molecule has 0 spiro atoms. The number of nitrogens with two attached hydrogens (primary N) is 1. The Balaban J connectivity index is 3.09. The zero-order valence-corrected chi connectivity index (χ0v) is 51.6. The van der Waals surface area contributed by atoms with E-state index in [9.17, 15) is 0 Å². The van der Waals surface area contributed by atoms with Crippen LogP contribution < -0.4 is 5.73 Å². The molecule has 0 aliphatic heterocycles. The molecule has 22 nitrogen and oxygen atoms in total. The van der Waals surface area contributed by atoms with Gasteiger partial charge in [0.1, 0.15) is 0 Å². The first-order chi connectivity index (χ1) is 40.9. The Morgan fingerprint density at radius 1 is 0.171 bits per heavy atom. The van der Waals surface area contributed by atoms with Gasteiger partial charge in [0, 0.05) is 13.2 Å². The number of unbranched alkanes of at least 4 members (excludes halogenated alkanes) is 12. The molecule has 0 saturated carbocycles. The molecule has 0 radical (unpaired) electrons. The molecule has 0 aliphatic carbocycles. The Morgan fingerprint density at radius 3 is 0.500 bits per heavy atom. The Kier molecular flexibility index (Phi) is 78.7. The highest BCUT2D eigenvalue weighted by Gasteiger charge is 2.00. The van der Waals surface area contributed by atoms with Gasteiger partial charge >= 0.3 is 0 Å². The SMILES string of the molecule is CCCCCCCCCCC/C=C/CCCCCOCCOCCOCCOCCOCCOCCOCCOCCOCCOCCOCCOCCOCCOCCOCCOCCOCCOCCOCCOCCOCCN. The largest absolute Gasteiger partial charge is 0.379 e. The van der Waals surface area contributed by atoms with Gasteiger partial charge in [-0.05, 0) is 32.1 Å². The number of hydrogen-bond acceptors (Lipinski definition) is 22. The van der Waals surface area contributed by atoms with Gasteiger partial charge in [0.25, 0.3) is 0 Å². The van der Waals surface area contributed by atoms with E-state index in [0.717, 1.165) is 13.0 Å². The molecule has 0 aromatic carbocycles. The summed E-state index contributed by atoms with van der Waals surface area (Å²) in [6, 6.07) is 0. The van der Waals surface area contributed by atoms with Crippen LogP contribution in [0, 0.1) is 0 Å². The maximum atomic E-state index is 5.69. The quantitative estimate of drug-likeness (QED) is 0.0519. The summed E-state index contributed by atoms with van der Waals surface area (Å²) >= 11 is 0. The van der Waals surface area contributed by atoms with Gasteiger partial charge in [0.05, 0.1) is 271 Å². The minimum atomic E-state index is 0.491. The molecule has 0 rings (SSSR count). The van der Waals surface area contributed by atoms with E-state index in [0.29, 0.717) is 277 Å². The lowest BCUT2D eigenvalue weighted by molar-refractivity contribution is -0.0316. The standard InChI is InChI=1S/C60H121NO21/c1-2-3-4-5-6-7-8-9-10-11-12-13-14-15-16-17-19-62-21-23-64-25-27-66-29-31-68-33-35-70-37-39-72-41-43-74-45-47-76-49-51-78-53-55-80-57-59-82-60-58-81-56-54-79-52-50-77-48-46-75-44-42-73-40-38-71-36-34-69-32-30-67-28-26-65-24-22-63-20-18-61/h12-13H,2-11,14-61H2,1H3/b13-12+. The molecule has 0 aliphatic rings. The van der Waals surface area contributed by atoms with Crippen molar-refractivity contribution in [2.75, 3.05) is 284 Å². The first kappa shape index (κ1) is 80.9. The normalized spacial score (nSPS) is 11.9. The van der Waals surface area contributed by atoms with E-state index in [2.05, 4.69) is 19.1 Å². The molecule has 0 unspecified atom stereocenters. The van der Waals surface area contributed by atoms with Crippen LogP contribution in [0.1, 0.15) is 96.8 Å². The third-order valence-electron chi connectivity index (χ3n) is 11.5. The summed E-state index contributed by atoms with van der Waals surface area (Å²) in [4.78, 5) is 0. The maximum absolute atomic E-state index is 5.69. The zero-order valence-electron chi connectivity index (χ0n) is 51.6. The molecule has 0 aromatic rings. The van der Waals surface area contributed by atoms with Crippen LogP contribution in [0.4, 0.5) is 0 Å². The zero-order chi connectivity index (χ0) is 58.6. The van der Waals surface area contributed by atoms with Crippen LogP contribution in [0.15, 0.2) is 12.2 Å². The monoisotopic (exact) mass is 1190 g/mol. The highest BCUT2D eigenvalue weighted by molar-refractivity contribution is 4.81. The average Bonchev–Trinajstić information content (AvgIpc) is 3.48. The van der Waals surface area contributed by atoms with Crippen LogP contribution >= 0.6 is 0 Å². The van der Waals surface area contributed by atoms with Crippen molar-refractivity contribution in [1.29, 1.82) is 0 Å². The summed E-state index contributed by atoms with van der Waals surface area (Å²) in [5.74, 6) is 0. The lowest BCUT2D eigenvalue weighted by atomic mass is 10.1. The smallest absolute Gasteiger partial charge is 0.0701 e. The minimum absolute atomic E-state index is 0.491. The van der Waals surface area contributed by atoms with Crippen molar-refractivity contribution in [3.63, 3.8) is 0 Å². The highest BCUT2D eigenvalue weighted by atomic mass is 16.6. The topological polar surface area (TPSA) is 220 Å². The van der Waals surface area contributed by atoms with Gasteiger partial charge < -0.3 is 105 Å². The number of hydrogen-bond donors (Lipinski definition) is 1. The van der Waals surface area contributed by atoms with Crippen molar-refractivity contribution >= 4 is 0 Å². The molecule has 0 fully saturated rings. The van der Waals surface area contributed by atoms with E-state index in [1.54, 1.807) is 0 Å². The Morgan fingerprint density at radius 2 is 0.317 bits per heavy atom. The third kappa shape index (κ3) is 78.9. The molecule has 0 saturated heterocycles. The number of allylic oxidation sites excluding steroid dienone is 2. The molecular weight excluding hydrogens is 1070 g/mol. The van der Waals surface area contributed by atoms with Gasteiger partial charge in [-0.1, -0.05) is 76.9 Å². The summed E-state index contributed by atoms with van der Waals surface area (Å²) in [6.45, 7) is 24.6. The fourth-order valence-electron chi connectivity index (χ4n) is 7.04. The Bertz CT molecular complexity index is 1130. The summed E-state index contributed by atoms with van der Waals surface area (Å²) in [6.07, 6.45) is 23.3. The molecule has 2 N–H and O–H groups in total. The molecule has 0 heterocycles. The molecule has 0 atom stereocenters. The molecular formula is C60H121NO21. The molecule has 82 heavy (non-hydrogen) atoms. The molecule has 0 bridgehead atoms. The van der Waals surface area contributed by atoms with Crippen molar-refractivity contribution in [2.45, 2.75) is 96.8 Å². The van der Waals surface area contributed by atoms with Gasteiger partial charge in [-0.15, -0.1) is 0 Å².